The maximum Gasteiger partial charge on any atom is 0.416 e. The number of nitrogens with zero attached hydrogens (tertiary/aromatic N) is 2. The highest BCUT2D eigenvalue weighted by atomic mass is 35.5. The minimum absolute atomic E-state index is 0.0140. The number of halogens is 4. The van der Waals surface area contributed by atoms with E-state index in [1.807, 2.05) is 30.3 Å². The molecule has 1 saturated carbocycles. The van der Waals surface area contributed by atoms with Gasteiger partial charge in [0.2, 0.25) is 11.8 Å². The van der Waals surface area contributed by atoms with E-state index in [9.17, 15) is 31.2 Å². The summed E-state index contributed by atoms with van der Waals surface area (Å²) in [6.45, 7) is 0.742. The molecule has 7 nitrogen and oxygen atoms in total. The number of amides is 2. The zero-order chi connectivity index (χ0) is 31.2. The molecule has 1 fully saturated rings. The maximum atomic E-state index is 14.0. The van der Waals surface area contributed by atoms with Crippen LogP contribution in [0.15, 0.2) is 83.8 Å². The van der Waals surface area contributed by atoms with Crippen molar-refractivity contribution < 1.29 is 31.2 Å². The first-order chi connectivity index (χ1) is 20.4. The normalized spacial score (nSPS) is 14.7. The van der Waals surface area contributed by atoms with Gasteiger partial charge >= 0.3 is 6.18 Å². The van der Waals surface area contributed by atoms with Gasteiger partial charge in [0.05, 0.1) is 21.2 Å². The van der Waals surface area contributed by atoms with E-state index in [0.717, 1.165) is 43.4 Å². The maximum absolute atomic E-state index is 14.0. The molecule has 1 aliphatic rings. The minimum Gasteiger partial charge on any atom is -0.352 e. The van der Waals surface area contributed by atoms with E-state index >= 15 is 0 Å². The smallest absolute Gasteiger partial charge is 0.352 e. The van der Waals surface area contributed by atoms with Crippen LogP contribution >= 0.6 is 11.6 Å². The van der Waals surface area contributed by atoms with E-state index in [-0.39, 0.29) is 28.4 Å². The van der Waals surface area contributed by atoms with Gasteiger partial charge in [0.1, 0.15) is 12.6 Å². The molecular formula is C31H33ClF3N3O4S. The van der Waals surface area contributed by atoms with Crippen molar-refractivity contribution in [3.8, 4) is 0 Å². The van der Waals surface area contributed by atoms with Crippen LogP contribution in [-0.4, -0.2) is 50.3 Å². The highest BCUT2D eigenvalue weighted by Crippen LogP contribution is 2.37. The Bertz CT molecular complexity index is 1520. The first-order valence-electron chi connectivity index (χ1n) is 14.0. The van der Waals surface area contributed by atoms with Crippen molar-refractivity contribution in [3.05, 3.63) is 95.0 Å². The van der Waals surface area contributed by atoms with Crippen LogP contribution in [0.2, 0.25) is 5.02 Å². The van der Waals surface area contributed by atoms with E-state index < -0.39 is 45.9 Å². The summed E-state index contributed by atoms with van der Waals surface area (Å²) in [4.78, 5) is 28.3. The molecule has 0 radical (unpaired) electrons. The van der Waals surface area contributed by atoms with Gasteiger partial charge in [-0.15, -0.1) is 0 Å². The van der Waals surface area contributed by atoms with Crippen LogP contribution in [0, 0.1) is 0 Å². The Kier molecular flexibility index (Phi) is 10.4. The molecule has 1 N–H and O–H groups in total. The number of benzene rings is 3. The summed E-state index contributed by atoms with van der Waals surface area (Å²) in [6, 6.07) is 17.6. The first kappa shape index (κ1) is 32.3. The minimum atomic E-state index is -4.79. The van der Waals surface area contributed by atoms with Crippen molar-refractivity contribution in [3.63, 3.8) is 0 Å². The molecule has 2 amide bonds. The third-order valence-electron chi connectivity index (χ3n) is 7.51. The quantitative estimate of drug-likeness (QED) is 0.277. The van der Waals surface area contributed by atoms with Crippen molar-refractivity contribution >= 4 is 39.1 Å². The lowest BCUT2D eigenvalue weighted by Gasteiger charge is -2.33. The fourth-order valence-electron chi connectivity index (χ4n) is 5.08. The largest absolute Gasteiger partial charge is 0.416 e. The number of carbonyl (C=O) groups is 2. The molecule has 0 aliphatic heterocycles. The Morgan fingerprint density at radius 1 is 0.977 bits per heavy atom. The lowest BCUT2D eigenvalue weighted by molar-refractivity contribution is -0.139. The molecule has 0 bridgehead atoms. The summed E-state index contributed by atoms with van der Waals surface area (Å²) >= 11 is 6.28. The van der Waals surface area contributed by atoms with Gasteiger partial charge in [-0.3, -0.25) is 13.9 Å². The van der Waals surface area contributed by atoms with Gasteiger partial charge < -0.3 is 10.2 Å². The molecule has 12 heteroatoms. The second-order valence-electron chi connectivity index (χ2n) is 10.5. The second-order valence-corrected chi connectivity index (χ2v) is 12.7. The van der Waals surface area contributed by atoms with Crippen molar-refractivity contribution in [2.24, 2.45) is 0 Å². The molecule has 1 atom stereocenters. The van der Waals surface area contributed by atoms with Crippen molar-refractivity contribution in [1.29, 1.82) is 0 Å². The number of alkyl halides is 3. The highest BCUT2D eigenvalue weighted by molar-refractivity contribution is 7.92. The van der Waals surface area contributed by atoms with Gasteiger partial charge in [-0.25, -0.2) is 8.42 Å². The third-order valence-corrected chi connectivity index (χ3v) is 9.60. The van der Waals surface area contributed by atoms with Gasteiger partial charge in [-0.05, 0) is 62.1 Å². The molecular weight excluding hydrogens is 603 g/mol. The average molecular weight is 636 g/mol. The van der Waals surface area contributed by atoms with Crippen molar-refractivity contribution in [2.45, 2.75) is 62.2 Å². The monoisotopic (exact) mass is 635 g/mol. The highest BCUT2D eigenvalue weighted by Gasteiger charge is 2.36. The van der Waals surface area contributed by atoms with Crippen LogP contribution in [0.5, 0.6) is 0 Å². The van der Waals surface area contributed by atoms with Gasteiger partial charge in [0, 0.05) is 12.6 Å². The molecule has 1 unspecified atom stereocenters. The van der Waals surface area contributed by atoms with Gasteiger partial charge in [0.25, 0.3) is 10.0 Å². The standard InChI is InChI=1S/C31H33ClF3N3O4S/c1-22(30(40)36-25-12-8-9-13-25)37(19-18-23-10-4-2-5-11-23)29(39)21-38(43(41,42)26-14-6-3-7-15-26)28-20-24(31(33,34)35)16-17-27(28)32/h2-7,10-11,14-17,20,22,25H,8-9,12-13,18-19,21H2,1H3,(H,36,40). The van der Waals surface area contributed by atoms with E-state index in [0.29, 0.717) is 16.8 Å². The SMILES string of the molecule is CC(C(=O)NC1CCCC1)N(CCc1ccccc1)C(=O)CN(c1cc(C(F)(F)F)ccc1Cl)S(=O)(=O)c1ccccc1. The number of hydrogen-bond acceptors (Lipinski definition) is 4. The topological polar surface area (TPSA) is 86.8 Å². The predicted molar refractivity (Wildman–Crippen MR) is 159 cm³/mol. The van der Waals surface area contributed by atoms with Crippen LogP contribution < -0.4 is 9.62 Å². The summed E-state index contributed by atoms with van der Waals surface area (Å²) in [6.07, 6.45) is -0.801. The van der Waals surface area contributed by atoms with Gasteiger partial charge in [0.15, 0.2) is 0 Å². The summed E-state index contributed by atoms with van der Waals surface area (Å²) in [5.41, 5.74) is -0.740. The number of nitrogens with one attached hydrogen (secondary N) is 1. The van der Waals surface area contributed by atoms with E-state index in [1.165, 1.54) is 29.2 Å². The van der Waals surface area contributed by atoms with Crippen LogP contribution in [-0.2, 0) is 32.2 Å². The Morgan fingerprint density at radius 3 is 2.19 bits per heavy atom. The Balaban J connectivity index is 1.72. The molecule has 0 aromatic heterocycles. The number of sulfonamides is 1. The Hall–Kier alpha value is -3.57. The van der Waals surface area contributed by atoms with Crippen LogP contribution in [0.3, 0.4) is 0 Å². The molecule has 43 heavy (non-hydrogen) atoms. The number of anilines is 1. The summed E-state index contributed by atoms with van der Waals surface area (Å²) in [7, 11) is -4.57. The molecule has 230 valence electrons. The fraction of sp³-hybridized carbons (Fsp3) is 0.355. The molecule has 0 heterocycles. The van der Waals surface area contributed by atoms with Gasteiger partial charge in [-0.1, -0.05) is 73.0 Å². The summed E-state index contributed by atoms with van der Waals surface area (Å²) in [5, 5.41) is 2.69. The van der Waals surface area contributed by atoms with Crippen LogP contribution in [0.25, 0.3) is 0 Å². The van der Waals surface area contributed by atoms with E-state index in [2.05, 4.69) is 5.32 Å². The molecule has 1 aliphatic carbocycles. The Labute approximate surface area is 254 Å². The van der Waals surface area contributed by atoms with Crippen LogP contribution in [0.1, 0.15) is 43.7 Å². The van der Waals surface area contributed by atoms with Crippen LogP contribution in [0.4, 0.5) is 18.9 Å². The lowest BCUT2D eigenvalue weighted by atomic mass is 10.1. The Morgan fingerprint density at radius 2 is 1.58 bits per heavy atom. The lowest BCUT2D eigenvalue weighted by Crippen LogP contribution is -2.53. The first-order valence-corrected chi connectivity index (χ1v) is 15.8. The fourth-order valence-corrected chi connectivity index (χ4v) is 6.79. The zero-order valence-electron chi connectivity index (χ0n) is 23.6. The molecule has 3 aromatic carbocycles. The van der Waals surface area contributed by atoms with Crippen molar-refractivity contribution in [2.75, 3.05) is 17.4 Å². The van der Waals surface area contributed by atoms with E-state index in [4.69, 9.17) is 11.6 Å². The van der Waals surface area contributed by atoms with Crippen molar-refractivity contribution in [1.82, 2.24) is 10.2 Å². The molecule has 4 rings (SSSR count). The number of carbonyl (C=O) groups excluding carboxylic acids is 2. The van der Waals surface area contributed by atoms with Gasteiger partial charge in [-0.2, -0.15) is 13.2 Å². The predicted octanol–water partition coefficient (Wildman–Crippen LogP) is 6.07. The average Bonchev–Trinajstić information content (AvgIpc) is 3.49. The third kappa shape index (κ3) is 8.08. The van der Waals surface area contributed by atoms with E-state index in [1.54, 1.807) is 13.0 Å². The number of rotatable bonds is 11. The molecule has 3 aromatic rings. The summed E-state index contributed by atoms with van der Waals surface area (Å²) in [5.74, 6) is -1.15. The second kappa shape index (κ2) is 13.8. The number of hydrogen-bond donors (Lipinski definition) is 1. The molecule has 0 saturated heterocycles. The zero-order valence-corrected chi connectivity index (χ0v) is 25.1. The summed E-state index contributed by atoms with van der Waals surface area (Å²) < 4.78 is 69.3. The molecule has 0 spiro atoms.